The summed E-state index contributed by atoms with van der Waals surface area (Å²) >= 11 is 0. The maximum absolute atomic E-state index is 13.7. The van der Waals surface area contributed by atoms with Gasteiger partial charge in [0.15, 0.2) is 11.5 Å². The quantitative estimate of drug-likeness (QED) is 0.334. The lowest BCUT2D eigenvalue weighted by molar-refractivity contribution is -0.127. The normalized spacial score (nSPS) is 14.3. The molecule has 4 aromatic rings. The van der Waals surface area contributed by atoms with Crippen LogP contribution in [-0.2, 0) is 11.2 Å². The van der Waals surface area contributed by atoms with Gasteiger partial charge in [0.2, 0.25) is 5.95 Å². The molecule has 1 aliphatic heterocycles. The number of nitrogen functional groups attached to an aromatic ring is 2. The fraction of sp³-hybridized carbons (Fsp3) is 0.133. The van der Waals surface area contributed by atoms with Gasteiger partial charge in [-0.25, -0.2) is 14.4 Å². The predicted octanol–water partition coefficient (Wildman–Crippen LogP) is 4.37. The molecule has 40 heavy (non-hydrogen) atoms. The van der Waals surface area contributed by atoms with Crippen LogP contribution in [0.4, 0.5) is 16.2 Å². The van der Waals surface area contributed by atoms with Gasteiger partial charge >= 0.3 is 0 Å². The van der Waals surface area contributed by atoms with Crippen LogP contribution >= 0.6 is 0 Å². The second-order valence-corrected chi connectivity index (χ2v) is 9.08. The fourth-order valence-electron chi connectivity index (χ4n) is 4.66. The minimum absolute atomic E-state index is 0.0950. The van der Waals surface area contributed by atoms with Gasteiger partial charge in [0.25, 0.3) is 5.91 Å². The Bertz CT molecular complexity index is 1620. The molecule has 202 valence electrons. The third kappa shape index (κ3) is 5.32. The number of aromatic nitrogens is 2. The lowest BCUT2D eigenvalue weighted by Gasteiger charge is -2.31. The van der Waals surface area contributed by atoms with E-state index in [0.29, 0.717) is 29.0 Å². The highest BCUT2D eigenvalue weighted by molar-refractivity contribution is 5.95. The van der Waals surface area contributed by atoms with Gasteiger partial charge < -0.3 is 20.9 Å². The number of anilines is 2. The van der Waals surface area contributed by atoms with E-state index in [0.717, 1.165) is 22.3 Å². The van der Waals surface area contributed by atoms with Crippen LogP contribution < -0.4 is 20.9 Å². The Morgan fingerprint density at radius 2 is 1.85 bits per heavy atom. The number of benzene rings is 3. The summed E-state index contributed by atoms with van der Waals surface area (Å²) in [5, 5.41) is 5.83. The highest BCUT2D eigenvalue weighted by Gasteiger charge is 2.30. The van der Waals surface area contributed by atoms with Crippen LogP contribution in [0, 0.1) is 5.82 Å². The number of ether oxygens (including phenoxy) is 2. The second kappa shape index (κ2) is 11.2. The standard InChI is InChI=1S/C30H27FN6O3/c1-39-25-15-18(14-22-16-34-30(33)36-29(22)32)13-20(28(25)40-2)9-12-26(38)37-27(19-7-10-23(31)11-8-19)24-6-4-3-5-21(24)17-35-37/h3-13,15-17,27H,14H2,1-2H3,(H4,32,33,34,36). The number of fused-ring (bicyclic) bond motifs is 1. The van der Waals surface area contributed by atoms with Gasteiger partial charge in [-0.2, -0.15) is 10.1 Å². The first-order valence-corrected chi connectivity index (χ1v) is 12.4. The number of rotatable bonds is 7. The van der Waals surface area contributed by atoms with Crippen molar-refractivity contribution in [2.75, 3.05) is 25.7 Å². The third-order valence-corrected chi connectivity index (χ3v) is 6.55. The average Bonchev–Trinajstić information content (AvgIpc) is 2.97. The van der Waals surface area contributed by atoms with Crippen molar-refractivity contribution in [2.24, 2.45) is 5.10 Å². The zero-order chi connectivity index (χ0) is 28.2. The van der Waals surface area contributed by atoms with E-state index in [9.17, 15) is 9.18 Å². The van der Waals surface area contributed by atoms with Crippen molar-refractivity contribution in [3.8, 4) is 11.5 Å². The first-order valence-electron chi connectivity index (χ1n) is 12.4. The molecule has 0 saturated carbocycles. The van der Waals surface area contributed by atoms with E-state index >= 15 is 0 Å². The van der Waals surface area contributed by atoms with Crippen molar-refractivity contribution in [3.63, 3.8) is 0 Å². The number of halogens is 1. The van der Waals surface area contributed by atoms with Crippen LogP contribution in [0.15, 0.2) is 78.0 Å². The van der Waals surface area contributed by atoms with Gasteiger partial charge in [-0.1, -0.05) is 36.4 Å². The monoisotopic (exact) mass is 538 g/mol. The number of hydrogen-bond donors (Lipinski definition) is 2. The van der Waals surface area contributed by atoms with Crippen LogP contribution in [0.5, 0.6) is 11.5 Å². The van der Waals surface area contributed by atoms with Crippen molar-refractivity contribution < 1.29 is 18.7 Å². The van der Waals surface area contributed by atoms with Crippen molar-refractivity contribution in [3.05, 3.63) is 112 Å². The van der Waals surface area contributed by atoms with Gasteiger partial charge in [0.05, 0.1) is 20.4 Å². The molecule has 4 N–H and O–H groups in total. The smallest absolute Gasteiger partial charge is 0.267 e. The molecule has 1 aromatic heterocycles. The maximum Gasteiger partial charge on any atom is 0.267 e. The Balaban J connectivity index is 1.49. The minimum atomic E-state index is -0.532. The van der Waals surface area contributed by atoms with E-state index < -0.39 is 6.04 Å². The number of methoxy groups -OCH3 is 2. The van der Waals surface area contributed by atoms with E-state index in [4.69, 9.17) is 20.9 Å². The molecule has 0 fully saturated rings. The van der Waals surface area contributed by atoms with E-state index in [-0.39, 0.29) is 23.5 Å². The predicted molar refractivity (Wildman–Crippen MR) is 151 cm³/mol. The summed E-state index contributed by atoms with van der Waals surface area (Å²) in [6.45, 7) is 0. The van der Waals surface area contributed by atoms with Gasteiger partial charge in [0.1, 0.15) is 17.7 Å². The molecule has 0 saturated heterocycles. The Morgan fingerprint density at radius 3 is 2.58 bits per heavy atom. The van der Waals surface area contributed by atoms with Crippen molar-refractivity contribution >= 4 is 30.0 Å². The van der Waals surface area contributed by atoms with Crippen LogP contribution in [-0.4, -0.2) is 41.3 Å². The van der Waals surface area contributed by atoms with Crippen LogP contribution in [0.25, 0.3) is 6.08 Å². The van der Waals surface area contributed by atoms with Gasteiger partial charge in [-0.3, -0.25) is 4.79 Å². The molecule has 0 bridgehead atoms. The zero-order valence-corrected chi connectivity index (χ0v) is 21.9. The molecule has 2 heterocycles. The van der Waals surface area contributed by atoms with Crippen LogP contribution in [0.3, 0.4) is 0 Å². The largest absolute Gasteiger partial charge is 0.493 e. The molecule has 3 aromatic carbocycles. The van der Waals surface area contributed by atoms with Gasteiger partial charge in [0, 0.05) is 35.4 Å². The van der Waals surface area contributed by atoms with E-state index in [1.165, 1.54) is 37.4 Å². The number of nitrogens with two attached hydrogens (primary N) is 2. The molecule has 0 spiro atoms. The lowest BCUT2D eigenvalue weighted by Crippen LogP contribution is -2.33. The number of hydrazone groups is 1. The van der Waals surface area contributed by atoms with E-state index in [2.05, 4.69) is 15.1 Å². The summed E-state index contributed by atoms with van der Waals surface area (Å²) in [6.07, 6.45) is 6.69. The third-order valence-electron chi connectivity index (χ3n) is 6.55. The molecule has 5 rings (SSSR count). The SMILES string of the molecule is COc1cc(Cc2cnc(N)nc2N)cc(C=CC(=O)N2N=Cc3ccccc3C2c2ccc(F)cc2)c1OC. The molecule has 0 radical (unpaired) electrons. The highest BCUT2D eigenvalue weighted by atomic mass is 19.1. The van der Waals surface area contributed by atoms with Gasteiger partial charge in [-0.15, -0.1) is 0 Å². The van der Waals surface area contributed by atoms with E-state index in [1.54, 1.807) is 30.6 Å². The molecule has 9 nitrogen and oxygen atoms in total. The molecular formula is C30H27FN6O3. The maximum atomic E-state index is 13.7. The van der Waals surface area contributed by atoms with Crippen LogP contribution in [0.1, 0.15) is 39.4 Å². The number of carbonyl (C=O) groups excluding carboxylic acids is 1. The molecular weight excluding hydrogens is 511 g/mol. The first-order chi connectivity index (χ1) is 19.4. The Hall–Kier alpha value is -5.25. The lowest BCUT2D eigenvalue weighted by atomic mass is 9.93. The molecule has 10 heteroatoms. The molecule has 1 aliphatic rings. The Morgan fingerprint density at radius 1 is 1.07 bits per heavy atom. The number of carbonyl (C=O) groups is 1. The summed E-state index contributed by atoms with van der Waals surface area (Å²) < 4.78 is 24.9. The minimum Gasteiger partial charge on any atom is -0.493 e. The first kappa shape index (κ1) is 26.4. The topological polar surface area (TPSA) is 129 Å². The number of amides is 1. The molecule has 1 atom stereocenters. The molecule has 1 unspecified atom stereocenters. The number of hydrogen-bond acceptors (Lipinski definition) is 8. The molecule has 0 aliphatic carbocycles. The summed E-state index contributed by atoms with van der Waals surface area (Å²) in [4.78, 5) is 21.6. The van der Waals surface area contributed by atoms with Gasteiger partial charge in [-0.05, 0) is 47.0 Å². The molecule has 1 amide bonds. The van der Waals surface area contributed by atoms with Crippen LogP contribution in [0.2, 0.25) is 0 Å². The highest BCUT2D eigenvalue weighted by Crippen LogP contribution is 2.36. The van der Waals surface area contributed by atoms with Crippen molar-refractivity contribution in [2.45, 2.75) is 12.5 Å². The number of nitrogens with zero attached hydrogens (tertiary/aromatic N) is 4. The summed E-state index contributed by atoms with van der Waals surface area (Å²) in [5.41, 5.74) is 16.3. The van der Waals surface area contributed by atoms with E-state index in [1.807, 2.05) is 36.4 Å². The average molecular weight is 539 g/mol. The Kier molecular flexibility index (Phi) is 7.41. The zero-order valence-electron chi connectivity index (χ0n) is 21.9. The summed E-state index contributed by atoms with van der Waals surface area (Å²) in [5.74, 6) is 0.586. The van der Waals surface area contributed by atoms with Crippen molar-refractivity contribution in [1.29, 1.82) is 0 Å². The van der Waals surface area contributed by atoms with Crippen molar-refractivity contribution in [1.82, 2.24) is 15.0 Å². The summed E-state index contributed by atoms with van der Waals surface area (Å²) in [6, 6.07) is 16.9. The Labute approximate surface area is 230 Å². The fourth-order valence-corrected chi connectivity index (χ4v) is 4.66. The summed E-state index contributed by atoms with van der Waals surface area (Å²) in [7, 11) is 3.06. The second-order valence-electron chi connectivity index (χ2n) is 9.08.